The topological polar surface area (TPSA) is 78.9 Å². The van der Waals surface area contributed by atoms with Crippen molar-refractivity contribution in [2.24, 2.45) is 0 Å². The summed E-state index contributed by atoms with van der Waals surface area (Å²) >= 11 is 0. The standard InChI is InChI=1S/C67H116O6/c1-4-7-10-13-16-19-22-24-26-28-29-30-31-32-33-34-35-36-37-38-39-40-42-43-45-48-51-54-57-60-66(69)72-63-64(62-71-65(68)59-56-53-50-47-21-18-15-12-9-6-3)73-67(70)61-58-55-52-49-46-44-41-27-25-23-20-17-14-11-8-5-2/h7,10,12,15-16,19,24,26,29-30,32-33,35-36,64H,4-6,8-9,11,13-14,17-18,20-23,25,27-28,31,34,37-63H2,1-3H3/b10-7-,15-12-,19-16-,26-24-,30-29-,33-32-,36-35-. The number of carbonyl (C=O) groups excluding carboxylic acids is 3. The van der Waals surface area contributed by atoms with E-state index in [-0.39, 0.29) is 31.1 Å². The normalized spacial score (nSPS) is 12.6. The summed E-state index contributed by atoms with van der Waals surface area (Å²) in [4.78, 5) is 38.1. The molecule has 0 saturated heterocycles. The predicted octanol–water partition coefficient (Wildman–Crippen LogP) is 21.1. The predicted molar refractivity (Wildman–Crippen MR) is 316 cm³/mol. The Morgan fingerprint density at radius 1 is 0.288 bits per heavy atom. The highest BCUT2D eigenvalue weighted by atomic mass is 16.6. The molecule has 0 aliphatic rings. The van der Waals surface area contributed by atoms with Gasteiger partial charge in [0.2, 0.25) is 0 Å². The molecule has 0 aliphatic carbocycles. The fraction of sp³-hybridized carbons (Fsp3) is 0.746. The zero-order valence-corrected chi connectivity index (χ0v) is 48.1. The molecule has 0 fully saturated rings. The van der Waals surface area contributed by atoms with Crippen molar-refractivity contribution in [1.82, 2.24) is 0 Å². The van der Waals surface area contributed by atoms with Crippen LogP contribution in [-0.4, -0.2) is 37.2 Å². The molecule has 0 heterocycles. The molecule has 0 aromatic rings. The Morgan fingerprint density at radius 3 is 0.904 bits per heavy atom. The van der Waals surface area contributed by atoms with Crippen molar-refractivity contribution in [2.45, 2.75) is 309 Å². The van der Waals surface area contributed by atoms with E-state index in [1.807, 2.05) is 0 Å². The van der Waals surface area contributed by atoms with Crippen LogP contribution in [0.5, 0.6) is 0 Å². The van der Waals surface area contributed by atoms with Gasteiger partial charge in [-0.2, -0.15) is 0 Å². The Labute approximate surface area is 452 Å². The van der Waals surface area contributed by atoms with Gasteiger partial charge in [-0.3, -0.25) is 14.4 Å². The summed E-state index contributed by atoms with van der Waals surface area (Å²) in [5.41, 5.74) is 0. The average Bonchev–Trinajstić information content (AvgIpc) is 3.39. The third-order valence-corrected chi connectivity index (χ3v) is 13.4. The Morgan fingerprint density at radius 2 is 0.562 bits per heavy atom. The molecular weight excluding hydrogens is 901 g/mol. The van der Waals surface area contributed by atoms with Crippen LogP contribution in [0.15, 0.2) is 85.1 Å². The van der Waals surface area contributed by atoms with E-state index in [1.54, 1.807) is 0 Å². The van der Waals surface area contributed by atoms with Crippen LogP contribution in [0.25, 0.3) is 0 Å². The van der Waals surface area contributed by atoms with E-state index in [0.717, 1.165) is 109 Å². The highest BCUT2D eigenvalue weighted by Gasteiger charge is 2.19. The minimum Gasteiger partial charge on any atom is -0.462 e. The quantitative estimate of drug-likeness (QED) is 0.0261. The van der Waals surface area contributed by atoms with Crippen molar-refractivity contribution < 1.29 is 28.6 Å². The van der Waals surface area contributed by atoms with Crippen LogP contribution >= 0.6 is 0 Å². The number of esters is 3. The van der Waals surface area contributed by atoms with Gasteiger partial charge in [0.05, 0.1) is 0 Å². The average molecular weight is 1020 g/mol. The lowest BCUT2D eigenvalue weighted by Crippen LogP contribution is -2.30. The lowest BCUT2D eigenvalue weighted by Gasteiger charge is -2.18. The third-order valence-electron chi connectivity index (χ3n) is 13.4. The molecule has 0 amide bonds. The number of ether oxygens (including phenoxy) is 3. The molecule has 0 aromatic carbocycles. The SMILES string of the molecule is CC/C=C\C/C=C\C/C=C\C/C=C\C/C=C\C/C=C\CCCCCCCCCCCCC(=O)OCC(COC(=O)CCCCCCC/C=C\CCC)OC(=O)CCCCCCCCCCCCCCCCCC. The van der Waals surface area contributed by atoms with Crippen LogP contribution in [-0.2, 0) is 28.6 Å². The number of hydrogen-bond donors (Lipinski definition) is 0. The molecule has 73 heavy (non-hydrogen) atoms. The molecule has 0 bridgehead atoms. The van der Waals surface area contributed by atoms with Gasteiger partial charge in [0, 0.05) is 19.3 Å². The minimum absolute atomic E-state index is 0.0785. The van der Waals surface area contributed by atoms with Gasteiger partial charge in [0.25, 0.3) is 0 Å². The molecular formula is C67H116O6. The maximum atomic E-state index is 12.9. The number of allylic oxidation sites excluding steroid dienone is 14. The van der Waals surface area contributed by atoms with E-state index >= 15 is 0 Å². The lowest BCUT2D eigenvalue weighted by molar-refractivity contribution is -0.167. The van der Waals surface area contributed by atoms with E-state index < -0.39 is 6.10 Å². The highest BCUT2D eigenvalue weighted by molar-refractivity contribution is 5.71. The Bertz CT molecular complexity index is 1400. The summed E-state index contributed by atoms with van der Waals surface area (Å²) < 4.78 is 16.9. The summed E-state index contributed by atoms with van der Waals surface area (Å²) in [6, 6.07) is 0. The van der Waals surface area contributed by atoms with Gasteiger partial charge in [-0.1, -0.05) is 279 Å². The molecule has 0 saturated carbocycles. The summed E-state index contributed by atoms with van der Waals surface area (Å²) in [6.45, 7) is 6.48. The Hall–Kier alpha value is -3.41. The second-order valence-corrected chi connectivity index (χ2v) is 20.6. The summed E-state index contributed by atoms with van der Waals surface area (Å²) in [5, 5.41) is 0. The summed E-state index contributed by atoms with van der Waals surface area (Å²) in [5.74, 6) is -0.882. The first-order valence-corrected chi connectivity index (χ1v) is 31.1. The molecule has 1 unspecified atom stereocenters. The van der Waals surface area contributed by atoms with Gasteiger partial charge in [0.15, 0.2) is 6.10 Å². The Kier molecular flexibility index (Phi) is 58.3. The first kappa shape index (κ1) is 69.6. The second kappa shape index (κ2) is 61.1. The molecule has 1 atom stereocenters. The lowest BCUT2D eigenvalue weighted by atomic mass is 10.0. The van der Waals surface area contributed by atoms with Crippen LogP contribution in [0.3, 0.4) is 0 Å². The smallest absolute Gasteiger partial charge is 0.306 e. The zero-order chi connectivity index (χ0) is 52.9. The largest absolute Gasteiger partial charge is 0.462 e. The van der Waals surface area contributed by atoms with E-state index in [9.17, 15) is 14.4 Å². The van der Waals surface area contributed by atoms with Crippen LogP contribution in [0.1, 0.15) is 303 Å². The molecule has 0 aromatic heterocycles. The van der Waals surface area contributed by atoms with E-state index in [2.05, 4.69) is 106 Å². The first-order valence-electron chi connectivity index (χ1n) is 31.1. The maximum Gasteiger partial charge on any atom is 0.306 e. The second-order valence-electron chi connectivity index (χ2n) is 20.6. The molecule has 420 valence electrons. The van der Waals surface area contributed by atoms with Crippen molar-refractivity contribution >= 4 is 17.9 Å². The van der Waals surface area contributed by atoms with Crippen molar-refractivity contribution in [3.05, 3.63) is 85.1 Å². The molecule has 0 rings (SSSR count). The van der Waals surface area contributed by atoms with E-state index in [0.29, 0.717) is 19.3 Å². The number of unbranched alkanes of at least 4 members (excludes halogenated alkanes) is 31. The fourth-order valence-corrected chi connectivity index (χ4v) is 8.74. The molecule has 0 radical (unpaired) electrons. The number of rotatable bonds is 56. The van der Waals surface area contributed by atoms with Gasteiger partial charge in [-0.05, 0) is 89.9 Å². The monoisotopic (exact) mass is 1020 g/mol. The van der Waals surface area contributed by atoms with Gasteiger partial charge < -0.3 is 14.2 Å². The highest BCUT2D eigenvalue weighted by Crippen LogP contribution is 2.16. The Balaban J connectivity index is 4.21. The third kappa shape index (κ3) is 59.3. The van der Waals surface area contributed by atoms with Crippen LogP contribution in [0.4, 0.5) is 0 Å². The van der Waals surface area contributed by atoms with Crippen LogP contribution in [0, 0.1) is 0 Å². The zero-order valence-electron chi connectivity index (χ0n) is 48.1. The number of carbonyl (C=O) groups is 3. The molecule has 6 heteroatoms. The summed E-state index contributed by atoms with van der Waals surface area (Å²) in [7, 11) is 0. The van der Waals surface area contributed by atoms with Crippen LogP contribution in [0.2, 0.25) is 0 Å². The molecule has 0 aliphatic heterocycles. The van der Waals surface area contributed by atoms with Gasteiger partial charge in [0.1, 0.15) is 13.2 Å². The van der Waals surface area contributed by atoms with Gasteiger partial charge >= 0.3 is 17.9 Å². The van der Waals surface area contributed by atoms with Gasteiger partial charge in [-0.25, -0.2) is 0 Å². The van der Waals surface area contributed by atoms with Crippen molar-refractivity contribution in [3.8, 4) is 0 Å². The number of hydrogen-bond acceptors (Lipinski definition) is 6. The van der Waals surface area contributed by atoms with E-state index in [1.165, 1.54) is 154 Å². The first-order chi connectivity index (χ1) is 36.0. The fourth-order valence-electron chi connectivity index (χ4n) is 8.74. The van der Waals surface area contributed by atoms with Gasteiger partial charge in [-0.15, -0.1) is 0 Å². The maximum absolute atomic E-state index is 12.9. The minimum atomic E-state index is -0.779. The molecule has 0 spiro atoms. The van der Waals surface area contributed by atoms with Crippen molar-refractivity contribution in [2.75, 3.05) is 13.2 Å². The van der Waals surface area contributed by atoms with Crippen LogP contribution < -0.4 is 0 Å². The molecule has 6 nitrogen and oxygen atoms in total. The summed E-state index contributed by atoms with van der Waals surface area (Å²) in [6.07, 6.45) is 80.2. The van der Waals surface area contributed by atoms with Crippen molar-refractivity contribution in [3.63, 3.8) is 0 Å². The molecule has 0 N–H and O–H groups in total. The van der Waals surface area contributed by atoms with Crippen molar-refractivity contribution in [1.29, 1.82) is 0 Å². The van der Waals surface area contributed by atoms with E-state index in [4.69, 9.17) is 14.2 Å².